The first-order chi connectivity index (χ1) is 6.11. The predicted octanol–water partition coefficient (Wildman–Crippen LogP) is 2.26. The lowest BCUT2D eigenvalue weighted by atomic mass is 10.0. The molecule has 3 atom stereocenters. The van der Waals surface area contributed by atoms with Crippen LogP contribution in [0.25, 0.3) is 0 Å². The van der Waals surface area contributed by atoms with E-state index in [0.717, 1.165) is 13.0 Å². The molecule has 0 spiro atoms. The Kier molecular flexibility index (Phi) is 7.72. The van der Waals surface area contributed by atoms with Crippen LogP contribution in [0, 0.1) is 5.92 Å². The van der Waals surface area contributed by atoms with Gasteiger partial charge in [0, 0.05) is 31.7 Å². The third kappa shape index (κ3) is 6.30. The van der Waals surface area contributed by atoms with Crippen LogP contribution in [0.15, 0.2) is 0 Å². The van der Waals surface area contributed by atoms with Crippen LogP contribution in [0.3, 0.4) is 0 Å². The first-order valence-corrected chi connectivity index (χ1v) is 5.46. The second-order valence-electron chi connectivity index (χ2n) is 3.77. The number of alkyl halides is 1. The van der Waals surface area contributed by atoms with Crippen molar-refractivity contribution in [2.45, 2.75) is 39.3 Å². The first kappa shape index (κ1) is 13.2. The van der Waals surface area contributed by atoms with E-state index in [1.165, 1.54) is 0 Å². The average molecular weight is 208 g/mol. The van der Waals surface area contributed by atoms with Crippen molar-refractivity contribution in [2.24, 2.45) is 5.92 Å². The molecule has 0 aliphatic carbocycles. The molecule has 0 bridgehead atoms. The quantitative estimate of drug-likeness (QED) is 0.647. The molecule has 13 heavy (non-hydrogen) atoms. The van der Waals surface area contributed by atoms with Gasteiger partial charge in [-0.3, -0.25) is 0 Å². The molecule has 0 heterocycles. The molecule has 0 radical (unpaired) electrons. The molecular formula is C10H22ClNO. The molecule has 0 saturated heterocycles. The zero-order chi connectivity index (χ0) is 10.3. The van der Waals surface area contributed by atoms with Crippen molar-refractivity contribution in [3.8, 4) is 0 Å². The van der Waals surface area contributed by atoms with Gasteiger partial charge in [0.2, 0.25) is 0 Å². The Hall–Kier alpha value is 0.210. The highest BCUT2D eigenvalue weighted by Gasteiger charge is 2.12. The molecule has 0 aromatic carbocycles. The van der Waals surface area contributed by atoms with Gasteiger partial charge in [-0.2, -0.15) is 0 Å². The molecule has 1 N–H and O–H groups in total. The van der Waals surface area contributed by atoms with Gasteiger partial charge in [-0.15, -0.1) is 11.6 Å². The van der Waals surface area contributed by atoms with Crippen molar-refractivity contribution in [1.29, 1.82) is 0 Å². The highest BCUT2D eigenvalue weighted by Crippen LogP contribution is 2.06. The summed E-state index contributed by atoms with van der Waals surface area (Å²) in [5.41, 5.74) is 0. The molecule has 0 aromatic rings. The van der Waals surface area contributed by atoms with Crippen LogP contribution in [-0.2, 0) is 4.74 Å². The number of nitrogens with one attached hydrogen (secondary N) is 1. The normalized spacial score (nSPS) is 18.2. The molecule has 3 heteroatoms. The fourth-order valence-corrected chi connectivity index (χ4v) is 1.39. The number of hydrogen-bond acceptors (Lipinski definition) is 2. The van der Waals surface area contributed by atoms with Gasteiger partial charge >= 0.3 is 0 Å². The summed E-state index contributed by atoms with van der Waals surface area (Å²) in [7, 11) is 1.73. The van der Waals surface area contributed by atoms with E-state index < -0.39 is 0 Å². The zero-order valence-electron chi connectivity index (χ0n) is 9.14. The number of ether oxygens (including phenoxy) is 1. The molecule has 80 valence electrons. The maximum atomic E-state index is 5.77. The summed E-state index contributed by atoms with van der Waals surface area (Å²) in [4.78, 5) is 0. The fraction of sp³-hybridized carbons (Fsp3) is 1.00. The summed E-state index contributed by atoms with van der Waals surface area (Å²) in [6.45, 7) is 7.33. The maximum absolute atomic E-state index is 5.77. The minimum Gasteiger partial charge on any atom is -0.385 e. The van der Waals surface area contributed by atoms with Gasteiger partial charge < -0.3 is 10.1 Å². The Balaban J connectivity index is 3.57. The number of methoxy groups -OCH3 is 1. The predicted molar refractivity (Wildman–Crippen MR) is 58.4 cm³/mol. The summed E-state index contributed by atoms with van der Waals surface area (Å²) < 4.78 is 5.01. The maximum Gasteiger partial charge on any atom is 0.0476 e. The van der Waals surface area contributed by atoms with Crippen molar-refractivity contribution in [3.63, 3.8) is 0 Å². The second-order valence-corrected chi connectivity index (χ2v) is 4.08. The van der Waals surface area contributed by atoms with Gasteiger partial charge in [0.05, 0.1) is 0 Å². The van der Waals surface area contributed by atoms with Gasteiger partial charge in [-0.1, -0.05) is 6.92 Å². The molecule has 0 saturated carbocycles. The van der Waals surface area contributed by atoms with Crippen molar-refractivity contribution >= 4 is 11.6 Å². The Labute approximate surface area is 87.0 Å². The lowest BCUT2D eigenvalue weighted by molar-refractivity contribution is 0.181. The third-order valence-corrected chi connectivity index (χ3v) is 2.89. The Morgan fingerprint density at radius 1 is 1.31 bits per heavy atom. The van der Waals surface area contributed by atoms with E-state index in [2.05, 4.69) is 26.1 Å². The van der Waals surface area contributed by atoms with Gasteiger partial charge in [-0.05, 0) is 26.2 Å². The standard InChI is InChI=1S/C10H22ClNO/c1-8(7-11)10(3)12-9(2)5-6-13-4/h8-10,12H,5-7H2,1-4H3. The fourth-order valence-electron chi connectivity index (χ4n) is 1.12. The van der Waals surface area contributed by atoms with Crippen LogP contribution in [0.2, 0.25) is 0 Å². The molecule has 0 fully saturated rings. The lowest BCUT2D eigenvalue weighted by Gasteiger charge is -2.23. The van der Waals surface area contributed by atoms with Gasteiger partial charge in [0.1, 0.15) is 0 Å². The second kappa shape index (κ2) is 7.60. The van der Waals surface area contributed by atoms with Crippen LogP contribution < -0.4 is 5.32 Å². The third-order valence-electron chi connectivity index (χ3n) is 2.40. The smallest absolute Gasteiger partial charge is 0.0476 e. The van der Waals surface area contributed by atoms with Crippen LogP contribution in [0.5, 0.6) is 0 Å². The molecule has 3 unspecified atom stereocenters. The largest absolute Gasteiger partial charge is 0.385 e. The van der Waals surface area contributed by atoms with Crippen molar-refractivity contribution in [2.75, 3.05) is 19.6 Å². The number of halogens is 1. The van der Waals surface area contributed by atoms with Crippen LogP contribution in [0.1, 0.15) is 27.2 Å². The average Bonchev–Trinajstić information content (AvgIpc) is 2.13. The minimum atomic E-state index is 0.476. The summed E-state index contributed by atoms with van der Waals surface area (Å²) in [5.74, 6) is 1.23. The monoisotopic (exact) mass is 207 g/mol. The Bertz CT molecular complexity index is 121. The topological polar surface area (TPSA) is 21.3 Å². The van der Waals surface area contributed by atoms with Crippen LogP contribution >= 0.6 is 11.6 Å². The van der Waals surface area contributed by atoms with Crippen molar-refractivity contribution in [1.82, 2.24) is 5.32 Å². The summed E-state index contributed by atoms with van der Waals surface area (Å²) >= 11 is 5.77. The van der Waals surface area contributed by atoms with E-state index in [-0.39, 0.29) is 0 Å². The van der Waals surface area contributed by atoms with E-state index >= 15 is 0 Å². The van der Waals surface area contributed by atoms with Gasteiger partial charge in [0.25, 0.3) is 0 Å². The minimum absolute atomic E-state index is 0.476. The van der Waals surface area contributed by atoms with E-state index in [4.69, 9.17) is 16.3 Å². The summed E-state index contributed by atoms with van der Waals surface area (Å²) in [6.07, 6.45) is 1.05. The number of rotatable bonds is 7. The molecular weight excluding hydrogens is 186 g/mol. The molecule has 0 aliphatic heterocycles. The molecule has 2 nitrogen and oxygen atoms in total. The SMILES string of the molecule is COCCC(C)NC(C)C(C)CCl. The molecule has 0 amide bonds. The summed E-state index contributed by atoms with van der Waals surface area (Å²) in [5, 5.41) is 3.50. The highest BCUT2D eigenvalue weighted by molar-refractivity contribution is 6.18. The molecule has 0 aromatic heterocycles. The molecule has 0 aliphatic rings. The van der Waals surface area contributed by atoms with E-state index in [1.807, 2.05) is 0 Å². The van der Waals surface area contributed by atoms with Gasteiger partial charge in [0.15, 0.2) is 0 Å². The van der Waals surface area contributed by atoms with Crippen LogP contribution in [-0.4, -0.2) is 31.7 Å². The van der Waals surface area contributed by atoms with E-state index in [9.17, 15) is 0 Å². The van der Waals surface area contributed by atoms with Crippen LogP contribution in [0.4, 0.5) is 0 Å². The highest BCUT2D eigenvalue weighted by atomic mass is 35.5. The van der Waals surface area contributed by atoms with E-state index in [1.54, 1.807) is 7.11 Å². The van der Waals surface area contributed by atoms with E-state index in [0.29, 0.717) is 23.9 Å². The van der Waals surface area contributed by atoms with Crippen molar-refractivity contribution < 1.29 is 4.74 Å². The Morgan fingerprint density at radius 3 is 2.38 bits per heavy atom. The lowest BCUT2D eigenvalue weighted by Crippen LogP contribution is -2.39. The zero-order valence-corrected chi connectivity index (χ0v) is 9.90. The summed E-state index contributed by atoms with van der Waals surface area (Å²) in [6, 6.07) is 0.977. The number of hydrogen-bond donors (Lipinski definition) is 1. The first-order valence-electron chi connectivity index (χ1n) is 4.92. The Morgan fingerprint density at radius 2 is 1.92 bits per heavy atom. The van der Waals surface area contributed by atoms with Gasteiger partial charge in [-0.25, -0.2) is 0 Å². The van der Waals surface area contributed by atoms with Crippen molar-refractivity contribution in [3.05, 3.63) is 0 Å². The molecule has 0 rings (SSSR count).